The summed E-state index contributed by atoms with van der Waals surface area (Å²) in [5.74, 6) is -0.323. The molecule has 150 valence electrons. The van der Waals surface area contributed by atoms with Crippen LogP contribution in [-0.4, -0.2) is 15.8 Å². The lowest BCUT2D eigenvalue weighted by atomic mass is 10.1. The van der Waals surface area contributed by atoms with Gasteiger partial charge in [0.1, 0.15) is 0 Å². The number of hydrogen-bond acceptors (Lipinski definition) is 5. The molecule has 3 aromatic carbocycles. The van der Waals surface area contributed by atoms with Gasteiger partial charge >= 0.3 is 0 Å². The molecule has 0 unspecified atom stereocenters. The highest BCUT2D eigenvalue weighted by Gasteiger charge is 2.23. The Morgan fingerprint density at radius 2 is 1.83 bits per heavy atom. The third kappa shape index (κ3) is 3.79. The number of rotatable bonds is 5. The smallest absolute Gasteiger partial charge is 0.270 e. The van der Waals surface area contributed by atoms with E-state index in [-0.39, 0.29) is 17.2 Å². The summed E-state index contributed by atoms with van der Waals surface area (Å²) in [5, 5.41) is 11.7. The second kappa shape index (κ2) is 8.04. The fourth-order valence-electron chi connectivity index (χ4n) is 3.23. The number of anilines is 1. The Morgan fingerprint density at radius 1 is 1.07 bits per heavy atom. The van der Waals surface area contributed by atoms with E-state index in [4.69, 9.17) is 4.98 Å². The third-order valence-corrected chi connectivity index (χ3v) is 6.08. The van der Waals surface area contributed by atoms with E-state index in [0.29, 0.717) is 11.7 Å². The van der Waals surface area contributed by atoms with Gasteiger partial charge in [-0.25, -0.2) is 4.98 Å². The average molecular weight is 417 g/mol. The van der Waals surface area contributed by atoms with Crippen molar-refractivity contribution in [2.24, 2.45) is 0 Å². The van der Waals surface area contributed by atoms with Crippen molar-refractivity contribution in [2.45, 2.75) is 20.4 Å². The quantitative estimate of drug-likeness (QED) is 0.310. The van der Waals surface area contributed by atoms with E-state index in [1.165, 1.54) is 29.5 Å². The van der Waals surface area contributed by atoms with Crippen LogP contribution in [0.25, 0.3) is 10.2 Å². The number of amides is 1. The molecule has 6 nitrogen and oxygen atoms in total. The van der Waals surface area contributed by atoms with Crippen molar-refractivity contribution in [1.82, 2.24) is 4.98 Å². The molecule has 1 amide bonds. The van der Waals surface area contributed by atoms with Gasteiger partial charge in [-0.3, -0.25) is 19.8 Å². The monoisotopic (exact) mass is 417 g/mol. The molecule has 0 bridgehead atoms. The molecule has 0 radical (unpaired) electrons. The average Bonchev–Trinajstić information content (AvgIpc) is 3.20. The van der Waals surface area contributed by atoms with Gasteiger partial charge < -0.3 is 0 Å². The van der Waals surface area contributed by atoms with Crippen molar-refractivity contribution in [3.8, 4) is 0 Å². The van der Waals surface area contributed by atoms with Crippen LogP contribution in [0.1, 0.15) is 27.0 Å². The van der Waals surface area contributed by atoms with Crippen LogP contribution in [0.4, 0.5) is 10.8 Å². The Kier molecular flexibility index (Phi) is 5.29. The second-order valence-corrected chi connectivity index (χ2v) is 8.04. The molecular formula is C23H19N3O3S. The molecule has 30 heavy (non-hydrogen) atoms. The van der Waals surface area contributed by atoms with E-state index < -0.39 is 4.92 Å². The first-order valence-corrected chi connectivity index (χ1v) is 10.2. The van der Waals surface area contributed by atoms with Gasteiger partial charge in [0.2, 0.25) is 0 Å². The molecule has 0 N–H and O–H groups in total. The summed E-state index contributed by atoms with van der Waals surface area (Å²) in [6.07, 6.45) is 0. The number of aryl methyl sites for hydroxylation is 2. The predicted molar refractivity (Wildman–Crippen MR) is 119 cm³/mol. The van der Waals surface area contributed by atoms with Gasteiger partial charge in [0, 0.05) is 17.7 Å². The summed E-state index contributed by atoms with van der Waals surface area (Å²) in [7, 11) is 0. The molecule has 0 atom stereocenters. The first kappa shape index (κ1) is 19.7. The van der Waals surface area contributed by atoms with E-state index in [1.54, 1.807) is 11.0 Å². The normalized spacial score (nSPS) is 10.9. The number of carbonyl (C=O) groups excluding carboxylic acids is 1. The predicted octanol–water partition coefficient (Wildman–Crippen LogP) is 5.67. The molecule has 0 spiro atoms. The zero-order valence-electron chi connectivity index (χ0n) is 16.5. The van der Waals surface area contributed by atoms with Crippen LogP contribution in [0.15, 0.2) is 66.7 Å². The molecule has 0 aliphatic carbocycles. The molecule has 1 aromatic heterocycles. The summed E-state index contributed by atoms with van der Waals surface area (Å²) in [4.78, 5) is 30.4. The van der Waals surface area contributed by atoms with E-state index in [9.17, 15) is 14.9 Å². The maximum absolute atomic E-state index is 13.4. The topological polar surface area (TPSA) is 76.3 Å². The van der Waals surface area contributed by atoms with Gasteiger partial charge in [-0.1, -0.05) is 53.8 Å². The molecule has 4 rings (SSSR count). The Hall–Kier alpha value is -3.58. The van der Waals surface area contributed by atoms with Gasteiger partial charge in [0.15, 0.2) is 5.13 Å². The van der Waals surface area contributed by atoms with Crippen molar-refractivity contribution in [2.75, 3.05) is 4.90 Å². The molecule has 4 aromatic rings. The summed E-state index contributed by atoms with van der Waals surface area (Å²) in [5.41, 5.74) is 4.18. The highest BCUT2D eigenvalue weighted by Crippen LogP contribution is 2.33. The summed E-state index contributed by atoms with van der Waals surface area (Å²) < 4.78 is 0.998. The van der Waals surface area contributed by atoms with E-state index in [0.717, 1.165) is 26.9 Å². The van der Waals surface area contributed by atoms with Crippen molar-refractivity contribution < 1.29 is 9.72 Å². The number of carbonyl (C=O) groups is 1. The summed E-state index contributed by atoms with van der Waals surface area (Å²) in [6.45, 7) is 4.37. The SMILES string of the molecule is Cc1ccc2sc(N(Cc3ccccc3)C(=O)c3cccc([N+](=O)[O-])c3)nc2c1C. The lowest BCUT2D eigenvalue weighted by Crippen LogP contribution is -2.30. The number of benzene rings is 3. The first-order valence-electron chi connectivity index (χ1n) is 9.41. The Labute approximate surface area is 177 Å². The zero-order chi connectivity index (χ0) is 21.3. The number of nitro benzene ring substituents is 1. The van der Waals surface area contributed by atoms with Crippen LogP contribution < -0.4 is 4.90 Å². The largest absolute Gasteiger partial charge is 0.279 e. The minimum absolute atomic E-state index is 0.115. The van der Waals surface area contributed by atoms with Gasteiger partial charge in [-0.2, -0.15) is 0 Å². The van der Waals surface area contributed by atoms with E-state index in [1.807, 2.05) is 56.3 Å². The summed E-state index contributed by atoms with van der Waals surface area (Å²) in [6, 6.07) is 19.5. The van der Waals surface area contributed by atoms with Crippen LogP contribution in [0.2, 0.25) is 0 Å². The minimum Gasteiger partial charge on any atom is -0.279 e. The van der Waals surface area contributed by atoms with Crippen molar-refractivity contribution in [3.63, 3.8) is 0 Å². The Bertz CT molecular complexity index is 1250. The first-order chi connectivity index (χ1) is 14.4. The number of nitrogens with zero attached hydrogens (tertiary/aromatic N) is 3. The summed E-state index contributed by atoms with van der Waals surface area (Å²) >= 11 is 1.44. The van der Waals surface area contributed by atoms with Crippen LogP contribution in [-0.2, 0) is 6.54 Å². The number of thiazole rings is 1. The van der Waals surface area contributed by atoms with Crippen LogP contribution >= 0.6 is 11.3 Å². The number of non-ortho nitro benzene ring substituents is 1. The standard InChI is InChI=1S/C23H19N3O3S/c1-15-11-12-20-21(16(15)2)24-23(30-20)25(14-17-7-4-3-5-8-17)22(27)18-9-6-10-19(13-18)26(28)29/h3-13H,14H2,1-2H3. The number of hydrogen-bond donors (Lipinski definition) is 0. The highest BCUT2D eigenvalue weighted by atomic mass is 32.1. The fourth-order valence-corrected chi connectivity index (χ4v) is 4.25. The molecule has 0 saturated heterocycles. The molecule has 0 saturated carbocycles. The Balaban J connectivity index is 1.80. The minimum atomic E-state index is -0.498. The van der Waals surface area contributed by atoms with Gasteiger partial charge in [0.25, 0.3) is 11.6 Å². The lowest BCUT2D eigenvalue weighted by molar-refractivity contribution is -0.384. The van der Waals surface area contributed by atoms with Crippen LogP contribution in [0.3, 0.4) is 0 Å². The lowest BCUT2D eigenvalue weighted by Gasteiger charge is -2.20. The van der Waals surface area contributed by atoms with Gasteiger partial charge in [-0.15, -0.1) is 0 Å². The molecule has 0 fully saturated rings. The third-order valence-electron chi connectivity index (χ3n) is 5.04. The molecule has 0 aliphatic heterocycles. The zero-order valence-corrected chi connectivity index (χ0v) is 17.3. The molecule has 1 heterocycles. The van der Waals surface area contributed by atoms with Crippen molar-refractivity contribution in [3.05, 3.63) is 99.1 Å². The maximum atomic E-state index is 13.4. The fraction of sp³-hybridized carbons (Fsp3) is 0.130. The number of aromatic nitrogens is 1. The van der Waals surface area contributed by atoms with Crippen molar-refractivity contribution in [1.29, 1.82) is 0 Å². The van der Waals surface area contributed by atoms with Gasteiger partial charge in [0.05, 0.1) is 21.7 Å². The van der Waals surface area contributed by atoms with E-state index in [2.05, 4.69) is 0 Å². The van der Waals surface area contributed by atoms with Crippen LogP contribution in [0, 0.1) is 24.0 Å². The molecular weight excluding hydrogens is 398 g/mol. The molecule has 7 heteroatoms. The van der Waals surface area contributed by atoms with Crippen LogP contribution in [0.5, 0.6) is 0 Å². The van der Waals surface area contributed by atoms with E-state index >= 15 is 0 Å². The number of nitro groups is 1. The van der Waals surface area contributed by atoms with Crippen molar-refractivity contribution >= 4 is 38.3 Å². The van der Waals surface area contributed by atoms with Gasteiger partial charge in [-0.05, 0) is 42.7 Å². The maximum Gasteiger partial charge on any atom is 0.270 e. The number of fused-ring (bicyclic) bond motifs is 1. The Morgan fingerprint density at radius 3 is 2.57 bits per heavy atom. The second-order valence-electron chi connectivity index (χ2n) is 7.03. The highest BCUT2D eigenvalue weighted by molar-refractivity contribution is 7.22. The molecule has 0 aliphatic rings.